The SMILES string of the molecule is C=C1C[C@]23C[C@H]1CC[C@H]2C1=CC(=O)C[C@@](C)(C(=O)[O-])[C@H]1[C@@H]3C(=O)[O-]. The zero-order valence-electron chi connectivity index (χ0n) is 13.7. The second kappa shape index (κ2) is 4.58. The normalized spacial score (nSPS) is 46.3. The largest absolute Gasteiger partial charge is 0.550 e. The number of fused-ring (bicyclic) bond motifs is 3. The fraction of sp³-hybridized carbons (Fsp3) is 0.632. The summed E-state index contributed by atoms with van der Waals surface area (Å²) in [5, 5.41) is 24.0. The highest BCUT2D eigenvalue weighted by Gasteiger charge is 2.67. The Hall–Kier alpha value is -1.91. The predicted molar refractivity (Wildman–Crippen MR) is 79.8 cm³/mol. The van der Waals surface area contributed by atoms with Gasteiger partial charge in [-0.05, 0) is 49.0 Å². The molecule has 3 saturated carbocycles. The summed E-state index contributed by atoms with van der Waals surface area (Å²) in [5.41, 5.74) is -0.265. The lowest BCUT2D eigenvalue weighted by Crippen LogP contribution is -2.54. The van der Waals surface area contributed by atoms with Crippen molar-refractivity contribution in [1.29, 1.82) is 0 Å². The Morgan fingerprint density at radius 3 is 2.58 bits per heavy atom. The van der Waals surface area contributed by atoms with Crippen LogP contribution in [0.3, 0.4) is 0 Å². The first-order chi connectivity index (χ1) is 11.2. The van der Waals surface area contributed by atoms with Gasteiger partial charge in [-0.1, -0.05) is 24.6 Å². The molecule has 4 rings (SSSR count). The lowest BCUT2D eigenvalue weighted by Gasteiger charge is -2.45. The summed E-state index contributed by atoms with van der Waals surface area (Å²) in [6.45, 7) is 5.58. The number of rotatable bonds is 2. The number of allylic oxidation sites excluding steroid dienone is 3. The van der Waals surface area contributed by atoms with Gasteiger partial charge in [0.1, 0.15) is 0 Å². The van der Waals surface area contributed by atoms with Gasteiger partial charge in [0.25, 0.3) is 0 Å². The minimum Gasteiger partial charge on any atom is -0.550 e. The van der Waals surface area contributed by atoms with Crippen LogP contribution in [0.2, 0.25) is 0 Å². The first-order valence-electron chi connectivity index (χ1n) is 8.55. The van der Waals surface area contributed by atoms with E-state index in [0.717, 1.165) is 18.4 Å². The fourth-order valence-corrected chi connectivity index (χ4v) is 6.37. The minimum absolute atomic E-state index is 0.0659. The second-order valence-electron chi connectivity index (χ2n) is 8.37. The topological polar surface area (TPSA) is 97.3 Å². The van der Waals surface area contributed by atoms with Gasteiger partial charge in [-0.3, -0.25) is 4.79 Å². The first-order valence-corrected chi connectivity index (χ1v) is 8.55. The van der Waals surface area contributed by atoms with Gasteiger partial charge >= 0.3 is 0 Å². The van der Waals surface area contributed by atoms with E-state index in [-0.39, 0.29) is 18.1 Å². The molecule has 5 heteroatoms. The number of carboxylic acids is 2. The summed E-state index contributed by atoms with van der Waals surface area (Å²) >= 11 is 0. The maximum Gasteiger partial charge on any atom is 0.156 e. The molecule has 0 radical (unpaired) electrons. The maximum atomic E-state index is 12.2. The van der Waals surface area contributed by atoms with Crippen LogP contribution < -0.4 is 10.2 Å². The molecular weight excluding hydrogens is 308 g/mol. The van der Waals surface area contributed by atoms with E-state index in [0.29, 0.717) is 24.3 Å². The molecule has 4 aliphatic rings. The van der Waals surface area contributed by atoms with Crippen LogP contribution in [0.15, 0.2) is 23.8 Å². The number of hydrogen-bond donors (Lipinski definition) is 0. The third-order valence-electron chi connectivity index (χ3n) is 7.25. The summed E-state index contributed by atoms with van der Waals surface area (Å²) in [6.07, 6.45) is 4.32. The second-order valence-corrected chi connectivity index (χ2v) is 8.37. The maximum absolute atomic E-state index is 12.2. The predicted octanol–water partition coefficient (Wildman–Crippen LogP) is 0.000300. The molecule has 0 unspecified atom stereocenters. The number of carbonyl (C=O) groups excluding carboxylic acids is 3. The third-order valence-corrected chi connectivity index (χ3v) is 7.25. The van der Waals surface area contributed by atoms with Crippen LogP contribution in [0, 0.1) is 34.5 Å². The van der Waals surface area contributed by atoms with Gasteiger partial charge in [0.15, 0.2) is 5.78 Å². The van der Waals surface area contributed by atoms with Crippen molar-refractivity contribution in [2.24, 2.45) is 34.5 Å². The van der Waals surface area contributed by atoms with Gasteiger partial charge < -0.3 is 19.8 Å². The number of carbonyl (C=O) groups is 3. The molecule has 128 valence electrons. The van der Waals surface area contributed by atoms with Crippen LogP contribution >= 0.6 is 0 Å². The highest BCUT2D eigenvalue weighted by atomic mass is 16.4. The monoisotopic (exact) mass is 328 g/mol. The van der Waals surface area contributed by atoms with Crippen molar-refractivity contribution in [1.82, 2.24) is 0 Å². The zero-order chi connectivity index (χ0) is 17.4. The summed E-state index contributed by atoms with van der Waals surface area (Å²) < 4.78 is 0. The lowest BCUT2D eigenvalue weighted by molar-refractivity contribution is -0.327. The van der Waals surface area contributed by atoms with Crippen molar-refractivity contribution < 1.29 is 24.6 Å². The van der Waals surface area contributed by atoms with Crippen molar-refractivity contribution in [2.75, 3.05) is 0 Å². The van der Waals surface area contributed by atoms with Crippen molar-refractivity contribution in [3.05, 3.63) is 23.8 Å². The highest BCUT2D eigenvalue weighted by molar-refractivity contribution is 5.97. The Bertz CT molecular complexity index is 719. The Balaban J connectivity index is 1.94. The molecule has 24 heavy (non-hydrogen) atoms. The van der Waals surface area contributed by atoms with Gasteiger partial charge in [-0.15, -0.1) is 0 Å². The molecular formula is C19H20O5-2. The van der Waals surface area contributed by atoms with Crippen molar-refractivity contribution in [3.63, 3.8) is 0 Å². The molecule has 0 N–H and O–H groups in total. The summed E-state index contributed by atoms with van der Waals surface area (Å²) in [6, 6.07) is 0. The van der Waals surface area contributed by atoms with E-state index in [2.05, 4.69) is 6.58 Å². The third kappa shape index (κ3) is 1.68. The average molecular weight is 328 g/mol. The van der Waals surface area contributed by atoms with Crippen molar-refractivity contribution in [2.45, 2.75) is 39.0 Å². The van der Waals surface area contributed by atoms with E-state index >= 15 is 0 Å². The molecule has 0 amide bonds. The summed E-state index contributed by atoms with van der Waals surface area (Å²) in [5.74, 6) is -4.18. The van der Waals surface area contributed by atoms with Crippen LogP contribution in [0.4, 0.5) is 0 Å². The van der Waals surface area contributed by atoms with Crippen LogP contribution in [-0.2, 0) is 14.4 Å². The van der Waals surface area contributed by atoms with Crippen molar-refractivity contribution in [3.8, 4) is 0 Å². The Kier molecular flexibility index (Phi) is 2.98. The molecule has 0 saturated heterocycles. The molecule has 1 spiro atoms. The van der Waals surface area contributed by atoms with E-state index in [1.165, 1.54) is 13.0 Å². The molecule has 3 fully saturated rings. The van der Waals surface area contributed by atoms with E-state index in [9.17, 15) is 24.6 Å². The van der Waals surface area contributed by atoms with Gasteiger partial charge in [0.05, 0.1) is 0 Å². The molecule has 2 bridgehead atoms. The fourth-order valence-electron chi connectivity index (χ4n) is 6.37. The molecule has 0 heterocycles. The van der Waals surface area contributed by atoms with E-state index < -0.39 is 34.6 Å². The van der Waals surface area contributed by atoms with Crippen LogP contribution in [-0.4, -0.2) is 17.7 Å². The number of carboxylic acid groups (broad SMARTS) is 2. The Labute approximate surface area is 140 Å². The molecule has 0 aromatic carbocycles. The lowest BCUT2D eigenvalue weighted by atomic mass is 9.61. The molecule has 0 aliphatic heterocycles. The zero-order valence-corrected chi connectivity index (χ0v) is 13.7. The van der Waals surface area contributed by atoms with Crippen LogP contribution in [0.1, 0.15) is 39.0 Å². The van der Waals surface area contributed by atoms with E-state index in [1.54, 1.807) is 0 Å². The molecule has 6 atom stereocenters. The Morgan fingerprint density at radius 2 is 1.96 bits per heavy atom. The standard InChI is InChI=1S/C19H22O5/c1-9-6-19-7-10(9)3-4-13(19)12-5-11(20)8-18(2,17(23)24)14(12)15(19)16(21)22/h5,10,13-15H,1,3-4,6-8H2,2H3,(H,21,22)(H,23,24)/p-2/t10-,13+,14-,15-,18-,19+/m1/s1. The number of hydrogen-bond acceptors (Lipinski definition) is 5. The summed E-state index contributed by atoms with van der Waals surface area (Å²) in [4.78, 5) is 36.2. The van der Waals surface area contributed by atoms with Crippen molar-refractivity contribution >= 4 is 17.7 Å². The quantitative estimate of drug-likeness (QED) is 0.665. The highest BCUT2D eigenvalue weighted by Crippen LogP contribution is 2.71. The van der Waals surface area contributed by atoms with Crippen LogP contribution in [0.25, 0.3) is 0 Å². The van der Waals surface area contributed by atoms with Gasteiger partial charge in [-0.25, -0.2) is 0 Å². The Morgan fingerprint density at radius 1 is 1.25 bits per heavy atom. The van der Waals surface area contributed by atoms with Crippen LogP contribution in [0.5, 0.6) is 0 Å². The molecule has 0 aromatic heterocycles. The van der Waals surface area contributed by atoms with Gasteiger partial charge in [-0.2, -0.15) is 0 Å². The molecule has 4 aliphatic carbocycles. The summed E-state index contributed by atoms with van der Waals surface area (Å²) in [7, 11) is 0. The number of ketones is 1. The van der Waals surface area contributed by atoms with E-state index in [1.807, 2.05) is 0 Å². The minimum atomic E-state index is -1.49. The van der Waals surface area contributed by atoms with Gasteiger partial charge in [0.2, 0.25) is 0 Å². The van der Waals surface area contributed by atoms with E-state index in [4.69, 9.17) is 0 Å². The average Bonchev–Trinajstić information content (AvgIpc) is 2.90. The molecule has 0 aromatic rings. The smallest absolute Gasteiger partial charge is 0.156 e. The number of aliphatic carboxylic acids is 2. The van der Waals surface area contributed by atoms with Gasteiger partial charge in [0, 0.05) is 35.6 Å². The molecule has 5 nitrogen and oxygen atoms in total. The first kappa shape index (κ1) is 15.6.